The number of imidazole rings is 1. The topological polar surface area (TPSA) is 67.0 Å². The van der Waals surface area contributed by atoms with E-state index in [4.69, 9.17) is 4.74 Å². The number of nitrogens with one attached hydrogen (secondary N) is 2. The van der Waals surface area contributed by atoms with E-state index < -0.39 is 6.09 Å². The molecule has 0 aliphatic rings. The molecule has 0 aliphatic carbocycles. The van der Waals surface area contributed by atoms with E-state index in [2.05, 4.69) is 15.3 Å². The fraction of sp³-hybridized carbons (Fsp3) is 0.600. The van der Waals surface area contributed by atoms with Crippen LogP contribution in [-0.2, 0) is 4.74 Å². The van der Waals surface area contributed by atoms with Crippen molar-refractivity contribution in [3.8, 4) is 0 Å². The third-order valence-electron chi connectivity index (χ3n) is 1.81. The highest BCUT2D eigenvalue weighted by molar-refractivity contribution is 5.67. The van der Waals surface area contributed by atoms with Crippen molar-refractivity contribution in [1.82, 2.24) is 15.3 Å². The first-order valence-electron chi connectivity index (χ1n) is 5.02. The zero-order valence-corrected chi connectivity index (χ0v) is 9.28. The van der Waals surface area contributed by atoms with E-state index in [0.717, 1.165) is 5.82 Å². The minimum Gasteiger partial charge on any atom is -0.449 e. The number of nitrogens with zero attached hydrogens (tertiary/aromatic N) is 1. The number of aromatic nitrogens is 2. The van der Waals surface area contributed by atoms with Crippen LogP contribution in [-0.4, -0.2) is 22.7 Å². The van der Waals surface area contributed by atoms with Crippen molar-refractivity contribution in [3.05, 3.63) is 18.2 Å². The molecular weight excluding hydrogens is 194 g/mol. The number of rotatable bonds is 4. The number of aromatic amines is 1. The molecule has 0 saturated carbocycles. The molecule has 1 amide bonds. The number of amides is 1. The van der Waals surface area contributed by atoms with Crippen LogP contribution in [0.3, 0.4) is 0 Å². The van der Waals surface area contributed by atoms with Crippen LogP contribution < -0.4 is 5.32 Å². The van der Waals surface area contributed by atoms with Gasteiger partial charge in [-0.1, -0.05) is 13.8 Å². The molecule has 15 heavy (non-hydrogen) atoms. The molecule has 0 bridgehead atoms. The predicted molar refractivity (Wildman–Crippen MR) is 56.3 cm³/mol. The molecule has 0 aliphatic heterocycles. The Morgan fingerprint density at radius 3 is 2.87 bits per heavy atom. The molecular formula is C10H17N3O2. The second-order valence-electron chi connectivity index (χ2n) is 3.83. The number of hydrogen-bond acceptors (Lipinski definition) is 3. The lowest BCUT2D eigenvalue weighted by Gasteiger charge is -2.12. The van der Waals surface area contributed by atoms with Gasteiger partial charge in [-0.05, 0) is 12.8 Å². The molecule has 0 saturated heterocycles. The second-order valence-corrected chi connectivity index (χ2v) is 3.83. The van der Waals surface area contributed by atoms with Gasteiger partial charge in [-0.2, -0.15) is 0 Å². The summed E-state index contributed by atoms with van der Waals surface area (Å²) in [5.41, 5.74) is 0. The first-order valence-corrected chi connectivity index (χ1v) is 5.02. The fourth-order valence-electron chi connectivity index (χ4n) is 1.04. The maximum Gasteiger partial charge on any atom is 0.407 e. The van der Waals surface area contributed by atoms with E-state index in [-0.39, 0.29) is 6.04 Å². The Bertz CT molecular complexity index is 296. The quantitative estimate of drug-likeness (QED) is 0.798. The van der Waals surface area contributed by atoms with Gasteiger partial charge in [0.1, 0.15) is 5.82 Å². The molecule has 1 unspecified atom stereocenters. The van der Waals surface area contributed by atoms with Crippen LogP contribution in [0, 0.1) is 5.92 Å². The monoisotopic (exact) mass is 211 g/mol. The van der Waals surface area contributed by atoms with Gasteiger partial charge in [-0.25, -0.2) is 9.78 Å². The third kappa shape index (κ3) is 4.01. The SMILES string of the molecule is CC(C)COC(=O)NC(C)c1ncc[nH]1. The molecule has 1 aromatic rings. The average molecular weight is 211 g/mol. The van der Waals surface area contributed by atoms with Gasteiger partial charge in [0.15, 0.2) is 0 Å². The Morgan fingerprint density at radius 1 is 1.60 bits per heavy atom. The van der Waals surface area contributed by atoms with Crippen LogP contribution in [0.15, 0.2) is 12.4 Å². The molecule has 5 heteroatoms. The summed E-state index contributed by atoms with van der Waals surface area (Å²) in [6.07, 6.45) is 2.95. The van der Waals surface area contributed by atoms with Gasteiger partial charge in [-0.15, -0.1) is 0 Å². The maximum atomic E-state index is 11.3. The largest absolute Gasteiger partial charge is 0.449 e. The van der Waals surface area contributed by atoms with Crippen LogP contribution >= 0.6 is 0 Å². The van der Waals surface area contributed by atoms with E-state index in [0.29, 0.717) is 12.5 Å². The Hall–Kier alpha value is -1.52. The molecule has 0 fully saturated rings. The van der Waals surface area contributed by atoms with Crippen molar-refractivity contribution in [1.29, 1.82) is 0 Å². The number of alkyl carbamates (subject to hydrolysis) is 1. The smallest absolute Gasteiger partial charge is 0.407 e. The lowest BCUT2D eigenvalue weighted by Crippen LogP contribution is -2.29. The van der Waals surface area contributed by atoms with Crippen molar-refractivity contribution in [2.45, 2.75) is 26.8 Å². The van der Waals surface area contributed by atoms with Crippen LogP contribution in [0.4, 0.5) is 4.79 Å². The average Bonchev–Trinajstić information content (AvgIpc) is 2.67. The van der Waals surface area contributed by atoms with E-state index >= 15 is 0 Å². The normalized spacial score (nSPS) is 12.5. The number of hydrogen-bond donors (Lipinski definition) is 2. The lowest BCUT2D eigenvalue weighted by atomic mass is 10.2. The molecule has 0 spiro atoms. The van der Waals surface area contributed by atoms with E-state index in [1.807, 2.05) is 20.8 Å². The Balaban J connectivity index is 2.32. The standard InChI is InChI=1S/C10H17N3O2/c1-7(2)6-15-10(14)13-8(3)9-11-4-5-12-9/h4-5,7-8H,6H2,1-3H3,(H,11,12)(H,13,14). The van der Waals surface area contributed by atoms with Crippen molar-refractivity contribution >= 4 is 6.09 Å². The minimum atomic E-state index is -0.410. The molecule has 2 N–H and O–H groups in total. The summed E-state index contributed by atoms with van der Waals surface area (Å²) in [5, 5.41) is 2.68. The summed E-state index contributed by atoms with van der Waals surface area (Å²) in [6, 6.07) is -0.167. The molecule has 1 heterocycles. The maximum absolute atomic E-state index is 11.3. The predicted octanol–water partition coefficient (Wildman–Crippen LogP) is 1.85. The van der Waals surface area contributed by atoms with Crippen LogP contribution in [0.25, 0.3) is 0 Å². The molecule has 0 radical (unpaired) electrons. The van der Waals surface area contributed by atoms with Gasteiger partial charge in [0.2, 0.25) is 0 Å². The van der Waals surface area contributed by atoms with E-state index in [1.54, 1.807) is 12.4 Å². The fourth-order valence-corrected chi connectivity index (χ4v) is 1.04. The number of ether oxygens (including phenoxy) is 1. The third-order valence-corrected chi connectivity index (χ3v) is 1.81. The summed E-state index contributed by atoms with van der Waals surface area (Å²) in [4.78, 5) is 18.2. The van der Waals surface area contributed by atoms with Gasteiger partial charge in [0.05, 0.1) is 12.6 Å². The summed E-state index contributed by atoms with van der Waals surface area (Å²) >= 11 is 0. The van der Waals surface area contributed by atoms with Crippen LogP contribution in [0.2, 0.25) is 0 Å². The molecule has 1 atom stereocenters. The van der Waals surface area contributed by atoms with Crippen molar-refractivity contribution in [3.63, 3.8) is 0 Å². The Labute approximate surface area is 89.2 Å². The van der Waals surface area contributed by atoms with E-state index in [9.17, 15) is 4.79 Å². The van der Waals surface area contributed by atoms with Crippen molar-refractivity contribution < 1.29 is 9.53 Å². The van der Waals surface area contributed by atoms with Gasteiger partial charge in [-0.3, -0.25) is 0 Å². The first kappa shape index (κ1) is 11.6. The Morgan fingerprint density at radius 2 is 2.33 bits per heavy atom. The summed E-state index contributed by atoms with van der Waals surface area (Å²) in [6.45, 7) is 6.25. The number of carbonyl (C=O) groups is 1. The van der Waals surface area contributed by atoms with Crippen molar-refractivity contribution in [2.24, 2.45) is 5.92 Å². The van der Waals surface area contributed by atoms with Gasteiger partial charge < -0.3 is 15.0 Å². The van der Waals surface area contributed by atoms with Gasteiger partial charge >= 0.3 is 6.09 Å². The summed E-state index contributed by atoms with van der Waals surface area (Å²) in [5.74, 6) is 1.06. The molecule has 84 valence electrons. The zero-order chi connectivity index (χ0) is 11.3. The Kier molecular flexibility index (Phi) is 4.15. The van der Waals surface area contributed by atoms with Crippen LogP contribution in [0.5, 0.6) is 0 Å². The second kappa shape index (κ2) is 5.38. The zero-order valence-electron chi connectivity index (χ0n) is 9.28. The van der Waals surface area contributed by atoms with Gasteiger partial charge in [0, 0.05) is 12.4 Å². The highest BCUT2D eigenvalue weighted by atomic mass is 16.5. The van der Waals surface area contributed by atoms with Crippen molar-refractivity contribution in [2.75, 3.05) is 6.61 Å². The minimum absolute atomic E-state index is 0.167. The molecule has 1 aromatic heterocycles. The highest BCUT2D eigenvalue weighted by Crippen LogP contribution is 2.05. The number of carbonyl (C=O) groups excluding carboxylic acids is 1. The summed E-state index contributed by atoms with van der Waals surface area (Å²) < 4.78 is 4.98. The molecule has 1 rings (SSSR count). The first-order chi connectivity index (χ1) is 7.09. The van der Waals surface area contributed by atoms with E-state index in [1.165, 1.54) is 0 Å². The van der Waals surface area contributed by atoms with Crippen LogP contribution in [0.1, 0.15) is 32.6 Å². The lowest BCUT2D eigenvalue weighted by molar-refractivity contribution is 0.129. The number of H-pyrrole nitrogens is 1. The highest BCUT2D eigenvalue weighted by Gasteiger charge is 2.12. The van der Waals surface area contributed by atoms with Gasteiger partial charge in [0.25, 0.3) is 0 Å². The summed E-state index contributed by atoms with van der Waals surface area (Å²) in [7, 11) is 0. The molecule has 0 aromatic carbocycles. The molecule has 5 nitrogen and oxygen atoms in total.